The topological polar surface area (TPSA) is 32.3 Å². The highest BCUT2D eigenvalue weighted by molar-refractivity contribution is 5.57. The number of anilines is 3. The molecule has 0 bridgehead atoms. The first-order valence-corrected chi connectivity index (χ1v) is 7.63. The summed E-state index contributed by atoms with van der Waals surface area (Å²) in [6.07, 6.45) is 4.08. The van der Waals surface area contributed by atoms with E-state index in [1.807, 2.05) is 42.4 Å². The molecule has 4 heteroatoms. The molecule has 2 aromatic rings. The van der Waals surface area contributed by atoms with Crippen molar-refractivity contribution in [1.82, 2.24) is 9.97 Å². The van der Waals surface area contributed by atoms with Gasteiger partial charge in [-0.2, -0.15) is 4.98 Å². The molecular formula is C17H24N4. The largest absolute Gasteiger partial charge is 0.356 e. The molecule has 0 saturated carbocycles. The Morgan fingerprint density at radius 3 is 2.24 bits per heavy atom. The number of hydrogen-bond donors (Lipinski definition) is 0. The molecule has 1 heterocycles. The lowest BCUT2D eigenvalue weighted by Gasteiger charge is -2.24. The van der Waals surface area contributed by atoms with Crippen LogP contribution in [0.2, 0.25) is 0 Å². The summed E-state index contributed by atoms with van der Waals surface area (Å²) in [7, 11) is 2.00. The zero-order valence-electron chi connectivity index (χ0n) is 13.2. The molecule has 1 aromatic carbocycles. The first-order valence-electron chi connectivity index (χ1n) is 7.63. The molecule has 0 amide bonds. The Labute approximate surface area is 127 Å². The molecule has 0 saturated heterocycles. The van der Waals surface area contributed by atoms with Gasteiger partial charge in [-0.25, -0.2) is 4.98 Å². The van der Waals surface area contributed by atoms with Crippen LogP contribution in [-0.2, 0) is 0 Å². The van der Waals surface area contributed by atoms with Crippen LogP contribution < -0.4 is 9.80 Å². The van der Waals surface area contributed by atoms with Gasteiger partial charge in [0.15, 0.2) is 0 Å². The van der Waals surface area contributed by atoms with Crippen LogP contribution in [-0.4, -0.2) is 30.1 Å². The Morgan fingerprint density at radius 1 is 0.952 bits per heavy atom. The third kappa shape index (κ3) is 3.94. The second kappa shape index (κ2) is 7.62. The van der Waals surface area contributed by atoms with Crippen LogP contribution in [0.3, 0.4) is 0 Å². The highest BCUT2D eigenvalue weighted by Crippen LogP contribution is 2.21. The second-order valence-electron chi connectivity index (χ2n) is 5.10. The van der Waals surface area contributed by atoms with Crippen molar-refractivity contribution in [2.45, 2.75) is 26.7 Å². The molecule has 0 radical (unpaired) electrons. The van der Waals surface area contributed by atoms with E-state index in [0.29, 0.717) is 0 Å². The minimum atomic E-state index is 0.732. The van der Waals surface area contributed by atoms with Crippen molar-refractivity contribution in [3.8, 4) is 0 Å². The maximum absolute atomic E-state index is 4.73. The zero-order chi connectivity index (χ0) is 15.1. The van der Waals surface area contributed by atoms with E-state index >= 15 is 0 Å². The molecule has 21 heavy (non-hydrogen) atoms. The Hall–Kier alpha value is -2.10. The standard InChI is InChI=1S/C17H24N4/c1-4-13-21(14-5-2)16-11-12-18-17(19-16)20(3)15-9-7-6-8-10-15/h6-12H,4-5,13-14H2,1-3H3. The van der Waals surface area contributed by atoms with Crippen molar-refractivity contribution >= 4 is 17.5 Å². The van der Waals surface area contributed by atoms with Crippen LogP contribution in [0.1, 0.15) is 26.7 Å². The van der Waals surface area contributed by atoms with Crippen LogP contribution in [0.4, 0.5) is 17.5 Å². The maximum Gasteiger partial charge on any atom is 0.231 e. The number of para-hydroxylation sites is 1. The Kier molecular flexibility index (Phi) is 5.55. The van der Waals surface area contributed by atoms with Gasteiger partial charge in [0.2, 0.25) is 5.95 Å². The van der Waals surface area contributed by atoms with E-state index in [1.54, 1.807) is 0 Å². The molecule has 0 aliphatic rings. The first-order chi connectivity index (χ1) is 10.3. The molecule has 0 fully saturated rings. The van der Waals surface area contributed by atoms with Crippen LogP contribution >= 0.6 is 0 Å². The molecule has 0 spiro atoms. The Bertz CT molecular complexity index is 535. The van der Waals surface area contributed by atoms with Crippen molar-refractivity contribution in [3.05, 3.63) is 42.6 Å². The van der Waals surface area contributed by atoms with Crippen LogP contribution in [0.25, 0.3) is 0 Å². The molecule has 0 unspecified atom stereocenters. The average Bonchev–Trinajstić information content (AvgIpc) is 2.55. The van der Waals surface area contributed by atoms with Crippen molar-refractivity contribution < 1.29 is 0 Å². The lowest BCUT2D eigenvalue weighted by Crippen LogP contribution is -2.26. The van der Waals surface area contributed by atoms with Gasteiger partial charge in [0.25, 0.3) is 0 Å². The Morgan fingerprint density at radius 2 is 1.62 bits per heavy atom. The maximum atomic E-state index is 4.73. The number of nitrogens with zero attached hydrogens (tertiary/aromatic N) is 4. The predicted molar refractivity (Wildman–Crippen MR) is 89.3 cm³/mol. The summed E-state index contributed by atoms with van der Waals surface area (Å²) >= 11 is 0. The normalized spacial score (nSPS) is 10.4. The molecule has 4 nitrogen and oxygen atoms in total. The number of aromatic nitrogens is 2. The van der Waals surface area contributed by atoms with Crippen molar-refractivity contribution in [3.63, 3.8) is 0 Å². The van der Waals surface area contributed by atoms with E-state index in [0.717, 1.165) is 43.4 Å². The van der Waals surface area contributed by atoms with Gasteiger partial charge in [0.05, 0.1) is 0 Å². The fourth-order valence-electron chi connectivity index (χ4n) is 2.32. The zero-order valence-corrected chi connectivity index (χ0v) is 13.2. The number of benzene rings is 1. The summed E-state index contributed by atoms with van der Waals surface area (Å²) < 4.78 is 0. The fraction of sp³-hybridized carbons (Fsp3) is 0.412. The molecule has 0 aliphatic heterocycles. The van der Waals surface area contributed by atoms with E-state index in [9.17, 15) is 0 Å². The van der Waals surface area contributed by atoms with Gasteiger partial charge in [0.1, 0.15) is 5.82 Å². The molecule has 112 valence electrons. The smallest absolute Gasteiger partial charge is 0.231 e. The van der Waals surface area contributed by atoms with Crippen LogP contribution in [0.15, 0.2) is 42.6 Å². The molecule has 0 atom stereocenters. The lowest BCUT2D eigenvalue weighted by molar-refractivity contribution is 0.732. The minimum Gasteiger partial charge on any atom is -0.356 e. The molecule has 0 N–H and O–H groups in total. The van der Waals surface area contributed by atoms with Gasteiger partial charge in [-0.3, -0.25) is 0 Å². The summed E-state index contributed by atoms with van der Waals surface area (Å²) in [5.41, 5.74) is 1.09. The van der Waals surface area contributed by atoms with E-state index in [-0.39, 0.29) is 0 Å². The molecule has 0 aliphatic carbocycles. The van der Waals surface area contributed by atoms with Crippen LogP contribution in [0, 0.1) is 0 Å². The molecule has 1 aromatic heterocycles. The highest BCUT2D eigenvalue weighted by Gasteiger charge is 2.11. The van der Waals surface area contributed by atoms with E-state index in [2.05, 4.69) is 35.9 Å². The Balaban J connectivity index is 2.24. The van der Waals surface area contributed by atoms with Crippen molar-refractivity contribution in [1.29, 1.82) is 0 Å². The van der Waals surface area contributed by atoms with Gasteiger partial charge in [-0.1, -0.05) is 32.0 Å². The van der Waals surface area contributed by atoms with E-state index < -0.39 is 0 Å². The fourth-order valence-corrected chi connectivity index (χ4v) is 2.32. The third-order valence-corrected chi connectivity index (χ3v) is 3.38. The summed E-state index contributed by atoms with van der Waals surface area (Å²) in [6, 6.07) is 12.2. The molecular weight excluding hydrogens is 260 g/mol. The number of hydrogen-bond acceptors (Lipinski definition) is 4. The monoisotopic (exact) mass is 284 g/mol. The SMILES string of the molecule is CCCN(CCC)c1ccnc(N(C)c2ccccc2)n1. The summed E-state index contributed by atoms with van der Waals surface area (Å²) in [6.45, 7) is 6.44. The first kappa shape index (κ1) is 15.3. The average molecular weight is 284 g/mol. The summed E-state index contributed by atoms with van der Waals surface area (Å²) in [4.78, 5) is 13.5. The predicted octanol–water partition coefficient (Wildman–Crippen LogP) is 3.87. The van der Waals surface area contributed by atoms with Crippen LogP contribution in [0.5, 0.6) is 0 Å². The van der Waals surface area contributed by atoms with Crippen molar-refractivity contribution in [2.75, 3.05) is 29.9 Å². The summed E-state index contributed by atoms with van der Waals surface area (Å²) in [5, 5.41) is 0. The summed E-state index contributed by atoms with van der Waals surface area (Å²) in [5.74, 6) is 1.74. The van der Waals surface area contributed by atoms with Crippen molar-refractivity contribution in [2.24, 2.45) is 0 Å². The van der Waals surface area contributed by atoms with Gasteiger partial charge in [0, 0.05) is 32.0 Å². The highest BCUT2D eigenvalue weighted by atomic mass is 15.3. The number of rotatable bonds is 7. The van der Waals surface area contributed by atoms with Gasteiger partial charge in [-0.15, -0.1) is 0 Å². The van der Waals surface area contributed by atoms with Gasteiger partial charge >= 0.3 is 0 Å². The second-order valence-corrected chi connectivity index (χ2v) is 5.10. The van der Waals surface area contributed by atoms with E-state index in [1.165, 1.54) is 0 Å². The molecule has 2 rings (SSSR count). The van der Waals surface area contributed by atoms with E-state index in [4.69, 9.17) is 4.98 Å². The quantitative estimate of drug-likeness (QED) is 0.772. The third-order valence-electron chi connectivity index (χ3n) is 3.38. The van der Waals surface area contributed by atoms with Gasteiger partial charge < -0.3 is 9.80 Å². The lowest BCUT2D eigenvalue weighted by atomic mass is 10.3. The minimum absolute atomic E-state index is 0.732. The van der Waals surface area contributed by atoms with Gasteiger partial charge in [-0.05, 0) is 31.0 Å².